The Hall–Kier alpha value is -1.99. The fraction of sp³-hybridized carbons (Fsp3) is 0.720. The molecule has 1 atom stereocenters. The summed E-state index contributed by atoms with van der Waals surface area (Å²) in [4.78, 5) is 10.3. The highest BCUT2D eigenvalue weighted by Gasteiger charge is 2.40. The summed E-state index contributed by atoms with van der Waals surface area (Å²) < 4.78 is 16.7. The van der Waals surface area contributed by atoms with Gasteiger partial charge in [-0.2, -0.15) is 0 Å². The third-order valence-electron chi connectivity index (χ3n) is 7.39. The lowest BCUT2D eigenvalue weighted by atomic mass is 9.88. The molecule has 0 saturated carbocycles. The molecule has 3 aliphatic heterocycles. The van der Waals surface area contributed by atoms with E-state index in [0.29, 0.717) is 5.92 Å². The second kappa shape index (κ2) is 10.8. The number of likely N-dealkylation sites (tertiary alicyclic amines) is 2. The van der Waals surface area contributed by atoms with Gasteiger partial charge in [0.05, 0.1) is 20.8 Å². The predicted octanol–water partition coefficient (Wildman–Crippen LogP) is 3.10. The summed E-state index contributed by atoms with van der Waals surface area (Å²) in [6, 6.07) is 6.23. The molecule has 3 aliphatic rings. The summed E-state index contributed by atoms with van der Waals surface area (Å²) in [5, 5.41) is 3.57. The van der Waals surface area contributed by atoms with Crippen molar-refractivity contribution in [2.75, 3.05) is 66.7 Å². The minimum atomic E-state index is 0.161. The molecule has 3 fully saturated rings. The maximum Gasteiger partial charge on any atom is 0.194 e. The van der Waals surface area contributed by atoms with Crippen LogP contribution in [0.25, 0.3) is 0 Å². The molecule has 0 aliphatic carbocycles. The molecule has 0 bridgehead atoms. The normalized spacial score (nSPS) is 24.0. The highest BCUT2D eigenvalue weighted by Crippen LogP contribution is 2.34. The second-order valence-corrected chi connectivity index (χ2v) is 9.28. The molecule has 0 aromatic heterocycles. The standard InChI is InChI=1S/C25H40N4O3/c1-4-26-24(27-19-25(8-13-32-14-9-25)29-10-5-6-11-29)28-12-7-20(18-28)21-15-22(30-2)17-23(16-21)31-3/h15-17,20H,4-14,18-19H2,1-3H3,(H,26,27). The lowest BCUT2D eigenvalue weighted by molar-refractivity contribution is -0.0139. The van der Waals surface area contributed by atoms with Crippen molar-refractivity contribution in [3.05, 3.63) is 23.8 Å². The first-order valence-electron chi connectivity index (χ1n) is 12.3. The van der Waals surface area contributed by atoms with Gasteiger partial charge in [-0.25, -0.2) is 0 Å². The number of aliphatic imine (C=N–C) groups is 1. The summed E-state index contributed by atoms with van der Waals surface area (Å²) in [6.07, 6.45) is 5.89. The van der Waals surface area contributed by atoms with Gasteiger partial charge in [-0.1, -0.05) is 0 Å². The van der Waals surface area contributed by atoms with Gasteiger partial charge in [0.25, 0.3) is 0 Å². The second-order valence-electron chi connectivity index (χ2n) is 9.28. The van der Waals surface area contributed by atoms with Crippen LogP contribution in [0, 0.1) is 0 Å². The van der Waals surface area contributed by atoms with E-state index in [4.69, 9.17) is 19.2 Å². The van der Waals surface area contributed by atoms with Gasteiger partial charge in [0, 0.05) is 50.4 Å². The highest BCUT2D eigenvalue weighted by molar-refractivity contribution is 5.80. The Labute approximate surface area is 193 Å². The topological polar surface area (TPSA) is 58.6 Å². The van der Waals surface area contributed by atoms with Crippen LogP contribution in [0.15, 0.2) is 23.2 Å². The van der Waals surface area contributed by atoms with E-state index in [1.54, 1.807) is 14.2 Å². The van der Waals surface area contributed by atoms with Gasteiger partial charge in [0.1, 0.15) is 11.5 Å². The Bertz CT molecular complexity index is 750. The zero-order valence-electron chi connectivity index (χ0n) is 20.1. The fourth-order valence-electron chi connectivity index (χ4n) is 5.45. The fourth-order valence-corrected chi connectivity index (χ4v) is 5.45. The molecule has 7 nitrogen and oxygen atoms in total. The molecule has 0 radical (unpaired) electrons. The number of rotatable bonds is 7. The van der Waals surface area contributed by atoms with Crippen molar-refractivity contribution >= 4 is 5.96 Å². The van der Waals surface area contributed by atoms with Crippen LogP contribution in [0.2, 0.25) is 0 Å². The van der Waals surface area contributed by atoms with Gasteiger partial charge < -0.3 is 24.4 Å². The van der Waals surface area contributed by atoms with Crippen molar-refractivity contribution in [2.45, 2.75) is 50.5 Å². The predicted molar refractivity (Wildman–Crippen MR) is 128 cm³/mol. The van der Waals surface area contributed by atoms with Gasteiger partial charge in [0.2, 0.25) is 0 Å². The molecule has 0 spiro atoms. The van der Waals surface area contributed by atoms with E-state index < -0.39 is 0 Å². The van der Waals surface area contributed by atoms with Crippen LogP contribution in [0.5, 0.6) is 11.5 Å². The summed E-state index contributed by atoms with van der Waals surface area (Å²) in [5.41, 5.74) is 1.44. The van der Waals surface area contributed by atoms with Gasteiger partial charge in [-0.05, 0) is 69.8 Å². The summed E-state index contributed by atoms with van der Waals surface area (Å²) in [7, 11) is 3.42. The van der Waals surface area contributed by atoms with E-state index >= 15 is 0 Å². The maximum atomic E-state index is 5.72. The SMILES string of the molecule is CCNC(=NCC1(N2CCCC2)CCOCC1)N1CCC(c2cc(OC)cc(OC)c2)C1. The number of guanidine groups is 1. The number of ether oxygens (including phenoxy) is 3. The van der Waals surface area contributed by atoms with Crippen LogP contribution >= 0.6 is 0 Å². The highest BCUT2D eigenvalue weighted by atomic mass is 16.5. The van der Waals surface area contributed by atoms with Gasteiger partial charge in [-0.15, -0.1) is 0 Å². The molecule has 0 amide bonds. The number of nitrogens with one attached hydrogen (secondary N) is 1. The monoisotopic (exact) mass is 444 g/mol. The molecule has 1 aromatic carbocycles. The number of hydrogen-bond donors (Lipinski definition) is 1. The van der Waals surface area contributed by atoms with E-state index in [-0.39, 0.29) is 5.54 Å². The first kappa shape index (κ1) is 23.2. The Morgan fingerprint density at radius 2 is 1.78 bits per heavy atom. The Morgan fingerprint density at radius 1 is 1.09 bits per heavy atom. The number of hydrogen-bond acceptors (Lipinski definition) is 5. The van der Waals surface area contributed by atoms with Crippen LogP contribution in [-0.4, -0.2) is 88.0 Å². The Morgan fingerprint density at radius 3 is 2.41 bits per heavy atom. The van der Waals surface area contributed by atoms with Crippen molar-refractivity contribution in [1.82, 2.24) is 15.1 Å². The van der Waals surface area contributed by atoms with E-state index in [1.165, 1.54) is 31.5 Å². The maximum absolute atomic E-state index is 5.72. The van der Waals surface area contributed by atoms with Crippen LogP contribution in [0.1, 0.15) is 50.5 Å². The third-order valence-corrected chi connectivity index (χ3v) is 7.39. The Kier molecular flexibility index (Phi) is 7.79. The minimum Gasteiger partial charge on any atom is -0.497 e. The molecular weight excluding hydrogens is 404 g/mol. The average Bonchev–Trinajstić information content (AvgIpc) is 3.55. The summed E-state index contributed by atoms with van der Waals surface area (Å²) in [5.74, 6) is 3.20. The van der Waals surface area contributed by atoms with Crippen molar-refractivity contribution in [2.24, 2.45) is 4.99 Å². The van der Waals surface area contributed by atoms with E-state index in [2.05, 4.69) is 34.2 Å². The van der Waals surface area contributed by atoms with Gasteiger partial charge >= 0.3 is 0 Å². The molecule has 1 aromatic rings. The molecule has 7 heteroatoms. The van der Waals surface area contributed by atoms with Crippen molar-refractivity contribution in [1.29, 1.82) is 0 Å². The van der Waals surface area contributed by atoms with Crippen LogP contribution < -0.4 is 14.8 Å². The van der Waals surface area contributed by atoms with Gasteiger partial charge in [0.15, 0.2) is 5.96 Å². The number of methoxy groups -OCH3 is 2. The molecule has 3 heterocycles. The van der Waals surface area contributed by atoms with Crippen LogP contribution in [0.4, 0.5) is 0 Å². The van der Waals surface area contributed by atoms with Crippen molar-refractivity contribution < 1.29 is 14.2 Å². The number of nitrogens with zero attached hydrogens (tertiary/aromatic N) is 3. The third kappa shape index (κ3) is 5.15. The molecule has 3 saturated heterocycles. The lowest BCUT2D eigenvalue weighted by Gasteiger charge is -2.43. The minimum absolute atomic E-state index is 0.161. The first-order valence-corrected chi connectivity index (χ1v) is 12.3. The molecule has 1 N–H and O–H groups in total. The smallest absolute Gasteiger partial charge is 0.194 e. The molecule has 1 unspecified atom stereocenters. The lowest BCUT2D eigenvalue weighted by Crippen LogP contribution is -2.54. The molecule has 178 valence electrons. The largest absolute Gasteiger partial charge is 0.497 e. The van der Waals surface area contributed by atoms with Crippen LogP contribution in [0.3, 0.4) is 0 Å². The molecular formula is C25H40N4O3. The summed E-state index contributed by atoms with van der Waals surface area (Å²) >= 11 is 0. The zero-order valence-corrected chi connectivity index (χ0v) is 20.1. The Balaban J connectivity index is 1.48. The van der Waals surface area contributed by atoms with Gasteiger partial charge in [-0.3, -0.25) is 9.89 Å². The molecule has 4 rings (SSSR count). The zero-order chi connectivity index (χ0) is 22.4. The first-order chi connectivity index (χ1) is 15.7. The van der Waals surface area contributed by atoms with E-state index in [1.807, 2.05) is 6.07 Å². The van der Waals surface area contributed by atoms with Crippen molar-refractivity contribution in [3.63, 3.8) is 0 Å². The quantitative estimate of drug-likeness (QED) is 0.515. The van der Waals surface area contributed by atoms with E-state index in [9.17, 15) is 0 Å². The molecule has 32 heavy (non-hydrogen) atoms. The number of benzene rings is 1. The van der Waals surface area contributed by atoms with E-state index in [0.717, 1.165) is 76.1 Å². The summed E-state index contributed by atoms with van der Waals surface area (Å²) in [6.45, 7) is 9.97. The van der Waals surface area contributed by atoms with Crippen molar-refractivity contribution in [3.8, 4) is 11.5 Å². The van der Waals surface area contributed by atoms with Crippen LogP contribution in [-0.2, 0) is 4.74 Å². The average molecular weight is 445 g/mol.